The van der Waals surface area contributed by atoms with E-state index in [0.717, 1.165) is 25.9 Å². The maximum absolute atomic E-state index is 5.31. The molecule has 19 heavy (non-hydrogen) atoms. The molecule has 1 aromatic carbocycles. The van der Waals surface area contributed by atoms with Gasteiger partial charge in [0.2, 0.25) is 0 Å². The Morgan fingerprint density at radius 2 is 1.79 bits per heavy atom. The Balaban J connectivity index is 2.69. The Bertz CT molecular complexity index is 328. The average molecular weight is 263 g/mol. The summed E-state index contributed by atoms with van der Waals surface area (Å²) in [4.78, 5) is 0. The topological polar surface area (TPSA) is 21.3 Å². The summed E-state index contributed by atoms with van der Waals surface area (Å²) in [6.45, 7) is 7.44. The third-order valence-corrected chi connectivity index (χ3v) is 3.64. The summed E-state index contributed by atoms with van der Waals surface area (Å²) in [6.07, 6.45) is 4.56. The fraction of sp³-hybridized carbons (Fsp3) is 0.647. The van der Waals surface area contributed by atoms with E-state index < -0.39 is 0 Å². The molecule has 0 saturated heterocycles. The first-order valence-electron chi connectivity index (χ1n) is 7.58. The van der Waals surface area contributed by atoms with Crippen LogP contribution < -0.4 is 5.32 Å². The molecule has 0 aromatic heterocycles. The predicted molar refractivity (Wildman–Crippen MR) is 82.6 cm³/mol. The lowest BCUT2D eigenvalue weighted by Crippen LogP contribution is -2.36. The molecule has 0 fully saturated rings. The molecule has 0 aliphatic heterocycles. The van der Waals surface area contributed by atoms with Crippen LogP contribution in [0.4, 0.5) is 0 Å². The van der Waals surface area contributed by atoms with E-state index in [2.05, 4.69) is 50.4 Å². The van der Waals surface area contributed by atoms with Gasteiger partial charge in [-0.2, -0.15) is 0 Å². The standard InChI is InChI=1S/C17H29NO/c1-5-8-16(13-19-4)18-17(7-3)15-11-9-14(6-2)10-12-15/h9-12,16-18H,5-8,13H2,1-4H3. The first-order valence-corrected chi connectivity index (χ1v) is 7.58. The molecule has 1 rings (SSSR count). The van der Waals surface area contributed by atoms with Crippen LogP contribution in [0.3, 0.4) is 0 Å². The van der Waals surface area contributed by atoms with E-state index >= 15 is 0 Å². The van der Waals surface area contributed by atoms with Gasteiger partial charge in [0.15, 0.2) is 0 Å². The summed E-state index contributed by atoms with van der Waals surface area (Å²) >= 11 is 0. The highest BCUT2D eigenvalue weighted by Gasteiger charge is 2.14. The third-order valence-electron chi connectivity index (χ3n) is 3.64. The lowest BCUT2D eigenvalue weighted by atomic mass is 10.0. The van der Waals surface area contributed by atoms with Gasteiger partial charge in [-0.15, -0.1) is 0 Å². The van der Waals surface area contributed by atoms with E-state index in [1.54, 1.807) is 7.11 Å². The molecule has 0 heterocycles. The zero-order valence-corrected chi connectivity index (χ0v) is 12.9. The van der Waals surface area contributed by atoms with Crippen LogP contribution in [0.5, 0.6) is 0 Å². The van der Waals surface area contributed by atoms with Gasteiger partial charge >= 0.3 is 0 Å². The molecule has 0 saturated carbocycles. The normalized spacial score (nSPS) is 14.3. The predicted octanol–water partition coefficient (Wildman–Crippen LogP) is 4.10. The molecule has 0 bridgehead atoms. The van der Waals surface area contributed by atoms with E-state index in [0.29, 0.717) is 12.1 Å². The molecule has 108 valence electrons. The van der Waals surface area contributed by atoms with Gasteiger partial charge < -0.3 is 10.1 Å². The first-order chi connectivity index (χ1) is 9.24. The third kappa shape index (κ3) is 5.33. The fourth-order valence-electron chi connectivity index (χ4n) is 2.48. The monoisotopic (exact) mass is 263 g/mol. The van der Waals surface area contributed by atoms with Crippen LogP contribution >= 0.6 is 0 Å². The van der Waals surface area contributed by atoms with E-state index in [1.807, 2.05) is 0 Å². The Kier molecular flexibility index (Phi) is 7.76. The molecule has 0 aliphatic carbocycles. The van der Waals surface area contributed by atoms with Gasteiger partial charge in [0, 0.05) is 19.2 Å². The maximum Gasteiger partial charge on any atom is 0.0616 e. The van der Waals surface area contributed by atoms with E-state index in [1.165, 1.54) is 17.5 Å². The molecule has 1 aromatic rings. The number of methoxy groups -OCH3 is 1. The van der Waals surface area contributed by atoms with E-state index in [-0.39, 0.29) is 0 Å². The van der Waals surface area contributed by atoms with E-state index in [4.69, 9.17) is 4.74 Å². The lowest BCUT2D eigenvalue weighted by molar-refractivity contribution is 0.155. The summed E-state index contributed by atoms with van der Waals surface area (Å²) < 4.78 is 5.31. The van der Waals surface area contributed by atoms with Crippen molar-refractivity contribution in [2.24, 2.45) is 0 Å². The second-order valence-corrected chi connectivity index (χ2v) is 5.16. The van der Waals surface area contributed by atoms with Crippen molar-refractivity contribution in [2.75, 3.05) is 13.7 Å². The Hall–Kier alpha value is -0.860. The van der Waals surface area contributed by atoms with Gasteiger partial charge in [-0.05, 0) is 30.4 Å². The smallest absolute Gasteiger partial charge is 0.0616 e. The summed E-state index contributed by atoms with van der Waals surface area (Å²) in [7, 11) is 1.78. The van der Waals surface area contributed by atoms with Crippen molar-refractivity contribution in [3.05, 3.63) is 35.4 Å². The molecule has 2 heteroatoms. The molecule has 0 aliphatic rings. The van der Waals surface area contributed by atoms with Crippen LogP contribution in [0.15, 0.2) is 24.3 Å². The van der Waals surface area contributed by atoms with Gasteiger partial charge in [0.05, 0.1) is 6.61 Å². The quantitative estimate of drug-likeness (QED) is 0.724. The van der Waals surface area contributed by atoms with Crippen molar-refractivity contribution in [3.8, 4) is 0 Å². The van der Waals surface area contributed by atoms with Gasteiger partial charge in [-0.25, -0.2) is 0 Å². The largest absolute Gasteiger partial charge is 0.383 e. The molecule has 2 atom stereocenters. The summed E-state index contributed by atoms with van der Waals surface area (Å²) in [5.74, 6) is 0. The number of hydrogen-bond acceptors (Lipinski definition) is 2. The summed E-state index contributed by atoms with van der Waals surface area (Å²) in [6, 6.07) is 9.88. The highest BCUT2D eigenvalue weighted by Crippen LogP contribution is 2.19. The van der Waals surface area contributed by atoms with Crippen LogP contribution in [-0.4, -0.2) is 19.8 Å². The van der Waals surface area contributed by atoms with Crippen molar-refractivity contribution >= 4 is 0 Å². The number of aryl methyl sites for hydroxylation is 1. The number of rotatable bonds is 9. The first kappa shape index (κ1) is 16.2. The molecule has 2 unspecified atom stereocenters. The molecule has 2 nitrogen and oxygen atoms in total. The molecular formula is C17H29NO. The number of ether oxygens (including phenoxy) is 1. The van der Waals surface area contributed by atoms with Gasteiger partial charge in [0.25, 0.3) is 0 Å². The molecule has 1 N–H and O–H groups in total. The highest BCUT2D eigenvalue weighted by molar-refractivity contribution is 5.25. The zero-order valence-electron chi connectivity index (χ0n) is 12.9. The summed E-state index contributed by atoms with van der Waals surface area (Å²) in [5.41, 5.74) is 2.79. The van der Waals surface area contributed by atoms with Gasteiger partial charge in [-0.3, -0.25) is 0 Å². The van der Waals surface area contributed by atoms with Gasteiger partial charge in [0.1, 0.15) is 0 Å². The van der Waals surface area contributed by atoms with Crippen molar-refractivity contribution in [1.82, 2.24) is 5.32 Å². The van der Waals surface area contributed by atoms with Crippen molar-refractivity contribution in [1.29, 1.82) is 0 Å². The van der Waals surface area contributed by atoms with Crippen molar-refractivity contribution in [2.45, 2.75) is 58.5 Å². The van der Waals surface area contributed by atoms with Crippen molar-refractivity contribution < 1.29 is 4.74 Å². The lowest BCUT2D eigenvalue weighted by Gasteiger charge is -2.25. The fourth-order valence-corrected chi connectivity index (χ4v) is 2.48. The number of hydrogen-bond donors (Lipinski definition) is 1. The van der Waals surface area contributed by atoms with Crippen LogP contribution in [0, 0.1) is 0 Å². The van der Waals surface area contributed by atoms with Crippen LogP contribution in [-0.2, 0) is 11.2 Å². The minimum Gasteiger partial charge on any atom is -0.383 e. The summed E-state index contributed by atoms with van der Waals surface area (Å²) in [5, 5.41) is 3.73. The van der Waals surface area contributed by atoms with Gasteiger partial charge in [-0.1, -0.05) is 51.5 Å². The van der Waals surface area contributed by atoms with Crippen molar-refractivity contribution in [3.63, 3.8) is 0 Å². The highest BCUT2D eigenvalue weighted by atomic mass is 16.5. The molecular weight excluding hydrogens is 234 g/mol. The Labute approximate surface area is 118 Å². The van der Waals surface area contributed by atoms with E-state index in [9.17, 15) is 0 Å². The maximum atomic E-state index is 5.31. The SMILES string of the molecule is CCCC(COC)NC(CC)c1ccc(CC)cc1. The minimum atomic E-state index is 0.428. The number of nitrogens with one attached hydrogen (secondary N) is 1. The molecule has 0 spiro atoms. The average Bonchev–Trinajstić information content (AvgIpc) is 2.45. The molecule has 0 radical (unpaired) electrons. The second-order valence-electron chi connectivity index (χ2n) is 5.16. The Morgan fingerprint density at radius 1 is 1.11 bits per heavy atom. The minimum absolute atomic E-state index is 0.428. The zero-order chi connectivity index (χ0) is 14.1. The molecule has 0 amide bonds. The number of benzene rings is 1. The van der Waals surface area contributed by atoms with Crippen LogP contribution in [0.25, 0.3) is 0 Å². The van der Waals surface area contributed by atoms with Crippen LogP contribution in [0.1, 0.15) is 57.2 Å². The second kappa shape index (κ2) is 9.11. The van der Waals surface area contributed by atoms with Crippen LogP contribution in [0.2, 0.25) is 0 Å². The Morgan fingerprint density at radius 3 is 2.26 bits per heavy atom.